The minimum absolute atomic E-state index is 0.225. The zero-order chi connectivity index (χ0) is 10.1. The molecule has 1 aliphatic rings. The second-order valence-electron chi connectivity index (χ2n) is 3.45. The highest BCUT2D eigenvalue weighted by atomic mass is 31.0. The third-order valence-electron chi connectivity index (χ3n) is 2.58. The number of esters is 1. The summed E-state index contributed by atoms with van der Waals surface area (Å²) >= 11 is 0. The van der Waals surface area contributed by atoms with Gasteiger partial charge in [-0.05, 0) is 47.2 Å². The lowest BCUT2D eigenvalue weighted by atomic mass is 10.2. The number of aromatic nitrogens is 1. The highest BCUT2D eigenvalue weighted by Gasteiger charge is 2.21. The molecule has 0 amide bonds. The van der Waals surface area contributed by atoms with Gasteiger partial charge in [-0.15, -0.1) is 0 Å². The molecular formula is C10H14NO2P. The number of carbonyl (C=O) groups is 1. The Labute approximate surface area is 85.7 Å². The predicted octanol–water partition coefficient (Wildman–Crippen LogP) is 1.79. The highest BCUT2D eigenvalue weighted by molar-refractivity contribution is 7.14. The first-order valence-corrected chi connectivity index (χ1v) is 5.41. The minimum Gasteiger partial charge on any atom is -0.461 e. The van der Waals surface area contributed by atoms with E-state index in [2.05, 4.69) is 9.39 Å². The van der Waals surface area contributed by atoms with E-state index in [4.69, 9.17) is 4.74 Å². The van der Waals surface area contributed by atoms with Crippen LogP contribution in [-0.2, 0) is 17.6 Å². The van der Waals surface area contributed by atoms with Crippen molar-refractivity contribution < 1.29 is 9.53 Å². The second kappa shape index (κ2) is 3.74. The zero-order valence-corrected chi connectivity index (χ0v) is 9.40. The SMILES string of the molecule is CCOC(=O)c1cc2c(n1P)CCC2. The average Bonchev–Trinajstić information content (AvgIpc) is 2.69. The van der Waals surface area contributed by atoms with E-state index in [9.17, 15) is 4.79 Å². The van der Waals surface area contributed by atoms with Crippen molar-refractivity contribution in [3.8, 4) is 0 Å². The van der Waals surface area contributed by atoms with Gasteiger partial charge in [-0.3, -0.25) is 0 Å². The third kappa shape index (κ3) is 1.46. The summed E-state index contributed by atoms with van der Waals surface area (Å²) in [7, 11) is 2.58. The lowest BCUT2D eigenvalue weighted by Crippen LogP contribution is -2.08. The smallest absolute Gasteiger partial charge is 0.355 e. The molecule has 0 bridgehead atoms. The Kier molecular flexibility index (Phi) is 2.60. The number of nitrogens with zero attached hydrogens (tertiary/aromatic N) is 1. The van der Waals surface area contributed by atoms with Crippen LogP contribution < -0.4 is 0 Å². The van der Waals surface area contributed by atoms with Crippen molar-refractivity contribution >= 4 is 15.4 Å². The van der Waals surface area contributed by atoms with Crippen LogP contribution in [0.2, 0.25) is 0 Å². The summed E-state index contributed by atoms with van der Waals surface area (Å²) in [5.41, 5.74) is 3.21. The van der Waals surface area contributed by atoms with Crippen LogP contribution in [0.15, 0.2) is 6.07 Å². The normalized spacial score (nSPS) is 14.1. The van der Waals surface area contributed by atoms with Gasteiger partial charge in [0.25, 0.3) is 0 Å². The predicted molar refractivity (Wildman–Crippen MR) is 57.5 cm³/mol. The number of carbonyl (C=O) groups excluding carboxylic acids is 1. The van der Waals surface area contributed by atoms with E-state index in [0.717, 1.165) is 12.8 Å². The molecule has 2 rings (SSSR count). The van der Waals surface area contributed by atoms with Crippen LogP contribution in [0, 0.1) is 0 Å². The molecule has 1 aliphatic carbocycles. The van der Waals surface area contributed by atoms with Crippen LogP contribution in [0.4, 0.5) is 0 Å². The molecule has 1 heterocycles. The van der Waals surface area contributed by atoms with Crippen LogP contribution in [0.3, 0.4) is 0 Å². The Morgan fingerprint density at radius 3 is 3.07 bits per heavy atom. The first-order chi connectivity index (χ1) is 6.74. The first-order valence-electron chi connectivity index (χ1n) is 4.89. The van der Waals surface area contributed by atoms with Crippen LogP contribution in [0.1, 0.15) is 35.1 Å². The van der Waals surface area contributed by atoms with Crippen molar-refractivity contribution in [3.63, 3.8) is 0 Å². The lowest BCUT2D eigenvalue weighted by molar-refractivity contribution is 0.0518. The number of fused-ring (bicyclic) bond motifs is 1. The maximum Gasteiger partial charge on any atom is 0.355 e. The third-order valence-corrected chi connectivity index (χ3v) is 3.17. The van der Waals surface area contributed by atoms with E-state index in [1.165, 1.54) is 17.7 Å². The van der Waals surface area contributed by atoms with Gasteiger partial charge < -0.3 is 9.07 Å². The Hall–Kier alpha value is -0.820. The molecule has 0 aromatic carbocycles. The Balaban J connectivity index is 2.32. The molecule has 0 radical (unpaired) electrons. The van der Waals surface area contributed by atoms with E-state index in [1.54, 1.807) is 0 Å². The molecule has 4 heteroatoms. The number of hydrogen-bond acceptors (Lipinski definition) is 2. The molecule has 0 spiro atoms. The summed E-state index contributed by atoms with van der Waals surface area (Å²) in [6.07, 6.45) is 3.35. The molecule has 1 atom stereocenters. The van der Waals surface area contributed by atoms with Crippen LogP contribution in [0.25, 0.3) is 0 Å². The summed E-state index contributed by atoms with van der Waals surface area (Å²) < 4.78 is 6.86. The van der Waals surface area contributed by atoms with Gasteiger partial charge in [0.15, 0.2) is 0 Å². The maximum atomic E-state index is 11.5. The van der Waals surface area contributed by atoms with Crippen LogP contribution in [-0.4, -0.2) is 16.9 Å². The molecule has 1 aromatic rings. The topological polar surface area (TPSA) is 31.2 Å². The fraction of sp³-hybridized carbons (Fsp3) is 0.500. The molecule has 1 aromatic heterocycles. The van der Waals surface area contributed by atoms with Crippen LogP contribution in [0.5, 0.6) is 0 Å². The standard InChI is InChI=1S/C10H14NO2P/c1-2-13-10(12)9-6-7-4-3-5-8(7)11(9)14/h6H,2-5,14H2,1H3. The number of ether oxygens (including phenoxy) is 1. The zero-order valence-electron chi connectivity index (χ0n) is 8.25. The quantitative estimate of drug-likeness (QED) is 0.551. The van der Waals surface area contributed by atoms with Gasteiger partial charge in [-0.25, -0.2) is 4.79 Å². The molecule has 1 unspecified atom stereocenters. The number of aryl methyl sites for hydroxylation is 1. The first kappa shape index (κ1) is 9.72. The minimum atomic E-state index is -0.225. The fourth-order valence-electron chi connectivity index (χ4n) is 1.92. The molecule has 0 fully saturated rings. The van der Waals surface area contributed by atoms with Gasteiger partial charge in [0.2, 0.25) is 0 Å². The lowest BCUT2D eigenvalue weighted by Gasteiger charge is -2.04. The molecule has 14 heavy (non-hydrogen) atoms. The van der Waals surface area contributed by atoms with Gasteiger partial charge in [0, 0.05) is 5.69 Å². The fourth-order valence-corrected chi connectivity index (χ4v) is 2.40. The Morgan fingerprint density at radius 1 is 1.64 bits per heavy atom. The van der Waals surface area contributed by atoms with Gasteiger partial charge >= 0.3 is 5.97 Å². The van der Waals surface area contributed by atoms with E-state index in [-0.39, 0.29) is 5.97 Å². The molecule has 3 nitrogen and oxygen atoms in total. The Morgan fingerprint density at radius 2 is 2.43 bits per heavy atom. The molecular weight excluding hydrogens is 197 g/mol. The van der Waals surface area contributed by atoms with Crippen molar-refractivity contribution in [2.45, 2.75) is 26.2 Å². The van der Waals surface area contributed by atoms with Gasteiger partial charge in [0.1, 0.15) is 5.69 Å². The summed E-state index contributed by atoms with van der Waals surface area (Å²) in [4.78, 5) is 11.5. The molecule has 76 valence electrons. The Bertz CT molecular complexity index is 370. The van der Waals surface area contributed by atoms with Gasteiger partial charge in [-0.1, -0.05) is 0 Å². The maximum absolute atomic E-state index is 11.5. The molecule has 0 saturated carbocycles. The van der Waals surface area contributed by atoms with E-state index in [0.29, 0.717) is 12.3 Å². The van der Waals surface area contributed by atoms with Gasteiger partial charge in [0.05, 0.1) is 6.61 Å². The summed E-state index contributed by atoms with van der Waals surface area (Å²) in [6, 6.07) is 1.95. The van der Waals surface area contributed by atoms with Gasteiger partial charge in [-0.2, -0.15) is 0 Å². The molecule has 0 saturated heterocycles. The average molecular weight is 211 g/mol. The van der Waals surface area contributed by atoms with Crippen molar-refractivity contribution in [2.24, 2.45) is 0 Å². The molecule has 0 aliphatic heterocycles. The van der Waals surface area contributed by atoms with E-state index in [1.807, 2.05) is 17.3 Å². The van der Waals surface area contributed by atoms with Crippen molar-refractivity contribution in [1.82, 2.24) is 4.34 Å². The molecule has 0 N–H and O–H groups in total. The van der Waals surface area contributed by atoms with Crippen LogP contribution >= 0.6 is 9.39 Å². The summed E-state index contributed by atoms with van der Waals surface area (Å²) in [5, 5.41) is 0. The van der Waals surface area contributed by atoms with E-state index >= 15 is 0 Å². The number of rotatable bonds is 2. The van der Waals surface area contributed by atoms with Crippen molar-refractivity contribution in [1.29, 1.82) is 0 Å². The second-order valence-corrected chi connectivity index (χ2v) is 3.96. The monoisotopic (exact) mass is 211 g/mol. The largest absolute Gasteiger partial charge is 0.461 e. The highest BCUT2D eigenvalue weighted by Crippen LogP contribution is 2.27. The van der Waals surface area contributed by atoms with E-state index < -0.39 is 0 Å². The summed E-state index contributed by atoms with van der Waals surface area (Å²) in [6.45, 7) is 2.25. The summed E-state index contributed by atoms with van der Waals surface area (Å²) in [5.74, 6) is -0.225. The van der Waals surface area contributed by atoms with Crippen molar-refractivity contribution in [2.75, 3.05) is 6.61 Å². The van der Waals surface area contributed by atoms with Crippen molar-refractivity contribution in [3.05, 3.63) is 23.0 Å². The number of hydrogen-bond donors (Lipinski definition) is 0.